The van der Waals surface area contributed by atoms with Crippen molar-refractivity contribution in [3.63, 3.8) is 0 Å². The van der Waals surface area contributed by atoms with Gasteiger partial charge >= 0.3 is 5.91 Å². The van der Waals surface area contributed by atoms with Gasteiger partial charge in [0.2, 0.25) is 5.76 Å². The van der Waals surface area contributed by atoms with Crippen molar-refractivity contribution >= 4 is 23.2 Å². The van der Waals surface area contributed by atoms with Crippen LogP contribution in [-0.4, -0.2) is 17.0 Å². The predicted octanol–water partition coefficient (Wildman–Crippen LogP) is 2.39. The Morgan fingerprint density at radius 1 is 1.14 bits per heavy atom. The van der Waals surface area contributed by atoms with E-state index >= 15 is 0 Å². The Morgan fingerprint density at radius 3 is 2.68 bits per heavy atom. The summed E-state index contributed by atoms with van der Waals surface area (Å²) in [6, 6.07) is 3.44. The summed E-state index contributed by atoms with van der Waals surface area (Å²) in [4.78, 5) is 25.8. The number of rotatable bonds is 2. The Balaban J connectivity index is 1.61. The van der Waals surface area contributed by atoms with E-state index in [9.17, 15) is 9.59 Å². The molecule has 2 aromatic heterocycles. The first-order chi connectivity index (χ1) is 10.6. The van der Waals surface area contributed by atoms with E-state index < -0.39 is 5.91 Å². The second-order valence-electron chi connectivity index (χ2n) is 5.36. The summed E-state index contributed by atoms with van der Waals surface area (Å²) in [6.45, 7) is 1.72. The van der Waals surface area contributed by atoms with Gasteiger partial charge in [-0.3, -0.25) is 20.4 Å². The Labute approximate surface area is 131 Å². The molecule has 116 valence electrons. The van der Waals surface area contributed by atoms with Crippen LogP contribution in [0, 0.1) is 6.92 Å². The van der Waals surface area contributed by atoms with Crippen molar-refractivity contribution in [2.75, 3.05) is 0 Å². The fraction of sp³-hybridized carbons (Fsp3) is 0.400. The molecule has 2 amide bonds. The van der Waals surface area contributed by atoms with Gasteiger partial charge in [-0.2, -0.15) is 0 Å². The smallest absolute Gasteiger partial charge is 0.308 e. The van der Waals surface area contributed by atoms with Crippen molar-refractivity contribution < 1.29 is 14.1 Å². The lowest BCUT2D eigenvalue weighted by molar-refractivity contribution is 0.0827. The second-order valence-corrected chi connectivity index (χ2v) is 6.50. The molecule has 0 saturated carbocycles. The van der Waals surface area contributed by atoms with E-state index in [1.165, 1.54) is 47.1 Å². The van der Waals surface area contributed by atoms with Crippen LogP contribution in [-0.2, 0) is 12.8 Å². The molecule has 2 heterocycles. The molecule has 22 heavy (non-hydrogen) atoms. The molecule has 2 N–H and O–H groups in total. The van der Waals surface area contributed by atoms with E-state index in [1.54, 1.807) is 6.92 Å². The zero-order valence-corrected chi connectivity index (χ0v) is 13.1. The molecule has 0 atom stereocenters. The first-order valence-corrected chi connectivity index (χ1v) is 8.11. The number of hydrogen-bond donors (Lipinski definition) is 2. The number of fused-ring (bicyclic) bond motifs is 1. The third-order valence-corrected chi connectivity index (χ3v) is 4.85. The van der Waals surface area contributed by atoms with Gasteiger partial charge in [0.15, 0.2) is 0 Å². The number of amides is 2. The standard InChI is InChI=1S/C15H17N3O3S/c1-9-7-11(21-18-9)14(19)16-17-15(20)13-8-10-5-3-2-4-6-12(10)22-13/h7-8H,2-6H2,1H3,(H,16,19)(H,17,20). The van der Waals surface area contributed by atoms with E-state index in [4.69, 9.17) is 4.52 Å². The van der Waals surface area contributed by atoms with Gasteiger partial charge < -0.3 is 4.52 Å². The summed E-state index contributed by atoms with van der Waals surface area (Å²) in [6.07, 6.45) is 5.66. The normalized spacial score (nSPS) is 14.0. The van der Waals surface area contributed by atoms with E-state index in [-0.39, 0.29) is 11.7 Å². The van der Waals surface area contributed by atoms with Gasteiger partial charge in [-0.15, -0.1) is 11.3 Å². The van der Waals surface area contributed by atoms with Crippen LogP contribution in [0.5, 0.6) is 0 Å². The van der Waals surface area contributed by atoms with E-state index in [1.807, 2.05) is 6.07 Å². The number of nitrogens with one attached hydrogen (secondary N) is 2. The van der Waals surface area contributed by atoms with Crippen LogP contribution in [0.1, 0.15) is 55.6 Å². The lowest BCUT2D eigenvalue weighted by atomic mass is 10.1. The van der Waals surface area contributed by atoms with Gasteiger partial charge in [0.1, 0.15) is 0 Å². The Morgan fingerprint density at radius 2 is 1.91 bits per heavy atom. The summed E-state index contributed by atoms with van der Waals surface area (Å²) in [5.74, 6) is -0.755. The molecule has 0 spiro atoms. The molecule has 6 nitrogen and oxygen atoms in total. The zero-order valence-electron chi connectivity index (χ0n) is 12.3. The monoisotopic (exact) mass is 319 g/mol. The first kappa shape index (κ1) is 14.8. The highest BCUT2D eigenvalue weighted by Gasteiger charge is 2.18. The average molecular weight is 319 g/mol. The molecule has 7 heteroatoms. The third kappa shape index (κ3) is 3.19. The fourth-order valence-electron chi connectivity index (χ4n) is 2.49. The second kappa shape index (κ2) is 6.31. The Hall–Kier alpha value is -2.15. The molecule has 0 saturated heterocycles. The summed E-state index contributed by atoms with van der Waals surface area (Å²) in [7, 11) is 0. The molecule has 3 rings (SSSR count). The van der Waals surface area contributed by atoms with Crippen LogP contribution in [0.25, 0.3) is 0 Å². The van der Waals surface area contributed by atoms with Crippen LogP contribution in [0.15, 0.2) is 16.7 Å². The Bertz CT molecular complexity index is 681. The maximum Gasteiger partial charge on any atom is 0.308 e. The number of carbonyl (C=O) groups excluding carboxylic acids is 2. The number of thiophene rings is 1. The predicted molar refractivity (Wildman–Crippen MR) is 81.8 cm³/mol. The van der Waals surface area contributed by atoms with Crippen LogP contribution in [0.3, 0.4) is 0 Å². The van der Waals surface area contributed by atoms with E-state index in [2.05, 4.69) is 16.0 Å². The summed E-state index contributed by atoms with van der Waals surface area (Å²) >= 11 is 1.51. The van der Waals surface area contributed by atoms with Crippen molar-refractivity contribution in [1.82, 2.24) is 16.0 Å². The molecule has 0 fully saturated rings. The minimum atomic E-state index is -0.521. The zero-order chi connectivity index (χ0) is 15.5. The molecule has 1 aliphatic rings. The molecule has 0 aliphatic heterocycles. The van der Waals surface area contributed by atoms with Crippen LogP contribution in [0.4, 0.5) is 0 Å². The van der Waals surface area contributed by atoms with Gasteiger partial charge in [-0.05, 0) is 44.2 Å². The molecule has 0 unspecified atom stereocenters. The van der Waals surface area contributed by atoms with Crippen molar-refractivity contribution in [3.8, 4) is 0 Å². The highest BCUT2D eigenvalue weighted by atomic mass is 32.1. The van der Waals surface area contributed by atoms with Crippen molar-refractivity contribution in [2.24, 2.45) is 0 Å². The number of aryl methyl sites for hydroxylation is 3. The maximum atomic E-state index is 12.1. The van der Waals surface area contributed by atoms with Gasteiger partial charge in [0.05, 0.1) is 10.6 Å². The molecule has 0 bridgehead atoms. The molecular weight excluding hydrogens is 302 g/mol. The largest absolute Gasteiger partial charge is 0.351 e. The first-order valence-electron chi connectivity index (χ1n) is 7.29. The summed E-state index contributed by atoms with van der Waals surface area (Å²) in [5, 5.41) is 3.63. The SMILES string of the molecule is Cc1cc(C(=O)NNC(=O)c2cc3c(s2)CCCCC3)on1. The lowest BCUT2D eigenvalue weighted by Gasteiger charge is -2.03. The van der Waals surface area contributed by atoms with E-state index in [0.29, 0.717) is 10.6 Å². The molecule has 2 aromatic rings. The highest BCUT2D eigenvalue weighted by molar-refractivity contribution is 7.14. The van der Waals surface area contributed by atoms with Gasteiger partial charge in [0.25, 0.3) is 5.91 Å². The van der Waals surface area contributed by atoms with Gasteiger partial charge in [-0.1, -0.05) is 11.6 Å². The van der Waals surface area contributed by atoms with Crippen molar-refractivity contribution in [2.45, 2.75) is 39.0 Å². The molecule has 0 radical (unpaired) electrons. The summed E-state index contributed by atoms with van der Waals surface area (Å²) < 4.78 is 4.83. The fourth-order valence-corrected chi connectivity index (χ4v) is 3.64. The number of aromatic nitrogens is 1. The lowest BCUT2D eigenvalue weighted by Crippen LogP contribution is -2.41. The van der Waals surface area contributed by atoms with E-state index in [0.717, 1.165) is 12.8 Å². The van der Waals surface area contributed by atoms with Crippen LogP contribution in [0.2, 0.25) is 0 Å². The quantitative estimate of drug-likeness (QED) is 0.657. The minimum absolute atomic E-state index is 0.0692. The topological polar surface area (TPSA) is 84.2 Å². The summed E-state index contributed by atoms with van der Waals surface area (Å²) in [5.41, 5.74) is 6.63. The number of nitrogens with zero attached hydrogens (tertiary/aromatic N) is 1. The number of hydrogen-bond acceptors (Lipinski definition) is 5. The Kier molecular flexibility index (Phi) is 4.24. The minimum Gasteiger partial charge on any atom is -0.351 e. The van der Waals surface area contributed by atoms with Gasteiger partial charge in [0, 0.05) is 10.9 Å². The number of carbonyl (C=O) groups is 2. The van der Waals surface area contributed by atoms with Gasteiger partial charge in [-0.25, -0.2) is 0 Å². The molecular formula is C15H17N3O3S. The van der Waals surface area contributed by atoms with Crippen LogP contribution < -0.4 is 10.9 Å². The van der Waals surface area contributed by atoms with Crippen molar-refractivity contribution in [1.29, 1.82) is 0 Å². The maximum absolute atomic E-state index is 12.1. The third-order valence-electron chi connectivity index (χ3n) is 3.61. The average Bonchev–Trinajstić information content (AvgIpc) is 3.06. The number of hydrazine groups is 1. The highest BCUT2D eigenvalue weighted by Crippen LogP contribution is 2.28. The van der Waals surface area contributed by atoms with Crippen molar-refractivity contribution in [3.05, 3.63) is 38.9 Å². The molecule has 0 aromatic carbocycles. The van der Waals surface area contributed by atoms with Crippen LogP contribution >= 0.6 is 11.3 Å². The molecule has 1 aliphatic carbocycles.